The molecule has 0 unspecified atom stereocenters. The number of carbonyl (C=O) groups excluding carboxylic acids is 3. The van der Waals surface area contributed by atoms with Crippen LogP contribution in [0.1, 0.15) is 36.2 Å². The van der Waals surface area contributed by atoms with E-state index in [2.05, 4.69) is 22.5 Å². The number of hydrogen-bond donors (Lipinski definition) is 3. The highest BCUT2D eigenvalue weighted by Crippen LogP contribution is 2.55. The second kappa shape index (κ2) is 14.5. The number of ether oxygens (including phenoxy) is 2. The number of methoxy groups -OCH3 is 1. The molecule has 2 heterocycles. The van der Waals surface area contributed by atoms with Crippen molar-refractivity contribution in [3.63, 3.8) is 0 Å². The lowest BCUT2D eigenvalue weighted by Gasteiger charge is -2.36. The molecule has 2 aliphatic rings. The lowest BCUT2D eigenvalue weighted by atomic mass is 9.63. The molecule has 0 saturated carbocycles. The number of alkyl halides is 4. The SMILES string of the molecule is C=C(/C=C\C=C(\Cl)CF)[C@H]1[C@H](C(=O)Nc2ccc(C(=O)OCC)cc2OC)N[C@@H](C[C@H](C)C(F)(F)F)[C@@]12C(=O)Nc1cc(Cl)ccc12. The van der Waals surface area contributed by atoms with E-state index in [9.17, 15) is 31.9 Å². The average molecular weight is 699 g/mol. The first-order valence-corrected chi connectivity index (χ1v) is 15.3. The van der Waals surface area contributed by atoms with Gasteiger partial charge in [0.2, 0.25) is 11.8 Å². The number of anilines is 2. The van der Waals surface area contributed by atoms with Crippen LogP contribution in [0.4, 0.5) is 28.9 Å². The van der Waals surface area contributed by atoms with Gasteiger partial charge in [-0.15, -0.1) is 0 Å². The van der Waals surface area contributed by atoms with Crippen molar-refractivity contribution in [3.8, 4) is 5.75 Å². The summed E-state index contributed by atoms with van der Waals surface area (Å²) in [7, 11) is 1.33. The van der Waals surface area contributed by atoms with Crippen molar-refractivity contribution in [1.82, 2.24) is 5.32 Å². The highest BCUT2D eigenvalue weighted by Gasteiger charge is 2.66. The van der Waals surface area contributed by atoms with Gasteiger partial charge in [0.1, 0.15) is 17.8 Å². The fourth-order valence-electron chi connectivity index (χ4n) is 6.15. The van der Waals surface area contributed by atoms with Gasteiger partial charge < -0.3 is 25.4 Å². The van der Waals surface area contributed by atoms with Crippen molar-refractivity contribution in [1.29, 1.82) is 0 Å². The highest BCUT2D eigenvalue weighted by molar-refractivity contribution is 6.31. The van der Waals surface area contributed by atoms with Crippen molar-refractivity contribution in [2.45, 2.75) is 43.9 Å². The van der Waals surface area contributed by atoms with Crippen LogP contribution >= 0.6 is 23.2 Å². The summed E-state index contributed by atoms with van der Waals surface area (Å²) in [6.07, 6.45) is -1.10. The van der Waals surface area contributed by atoms with E-state index in [0.717, 1.165) is 6.92 Å². The van der Waals surface area contributed by atoms with Crippen LogP contribution in [0.5, 0.6) is 5.75 Å². The Kier molecular flexibility index (Phi) is 11.1. The standard InChI is InChI=1S/C33H33Cl2F4N3O5/c1-5-47-30(44)19-9-12-23(25(14-19)46-4)40-29(43)28-27(17(2)7-6-8-21(35)16-36)32(26(42-28)13-18(3)33(37,38)39)22-11-10-20(34)15-24(22)41-31(32)45/h6-12,14-15,18,26-28,42H,2,5,13,16H2,1,3-4H3,(H,40,43)(H,41,45)/b7-6-,21-8+/t18-,26-,27-,28+,32+/m0/s1. The summed E-state index contributed by atoms with van der Waals surface area (Å²) in [6, 6.07) is 6.21. The van der Waals surface area contributed by atoms with E-state index < -0.39 is 66.4 Å². The third-order valence-corrected chi connectivity index (χ3v) is 8.78. The van der Waals surface area contributed by atoms with Crippen molar-refractivity contribution in [2.24, 2.45) is 11.8 Å². The first kappa shape index (κ1) is 36.0. The van der Waals surface area contributed by atoms with Crippen molar-refractivity contribution in [2.75, 3.05) is 31.0 Å². The van der Waals surface area contributed by atoms with Gasteiger partial charge in [0, 0.05) is 27.7 Å². The van der Waals surface area contributed by atoms with E-state index in [0.29, 0.717) is 5.56 Å². The van der Waals surface area contributed by atoms with Gasteiger partial charge in [-0.2, -0.15) is 13.2 Å². The number of rotatable bonds is 11. The first-order valence-electron chi connectivity index (χ1n) is 14.6. The molecule has 8 nitrogen and oxygen atoms in total. The molecule has 252 valence electrons. The van der Waals surface area contributed by atoms with Crippen molar-refractivity contribution in [3.05, 3.63) is 88.0 Å². The minimum absolute atomic E-state index is 0.110. The van der Waals surface area contributed by atoms with Crippen LogP contribution in [0.3, 0.4) is 0 Å². The van der Waals surface area contributed by atoms with Crippen molar-refractivity contribution >= 4 is 52.4 Å². The Morgan fingerprint density at radius 1 is 1.21 bits per heavy atom. The molecule has 1 fully saturated rings. The first-order chi connectivity index (χ1) is 22.2. The van der Waals surface area contributed by atoms with E-state index in [4.69, 9.17) is 32.7 Å². The van der Waals surface area contributed by atoms with Crippen molar-refractivity contribution < 1.29 is 41.4 Å². The summed E-state index contributed by atoms with van der Waals surface area (Å²) < 4.78 is 65.3. The van der Waals surface area contributed by atoms with Crippen LogP contribution in [-0.2, 0) is 19.7 Å². The van der Waals surface area contributed by atoms with E-state index in [-0.39, 0.29) is 44.9 Å². The number of benzene rings is 2. The lowest BCUT2D eigenvalue weighted by Crippen LogP contribution is -2.50. The number of carbonyl (C=O) groups is 3. The monoisotopic (exact) mass is 697 g/mol. The molecule has 0 radical (unpaired) electrons. The Bertz CT molecular complexity index is 1630. The minimum Gasteiger partial charge on any atom is -0.495 e. The zero-order valence-corrected chi connectivity index (χ0v) is 27.2. The third-order valence-electron chi connectivity index (χ3n) is 8.32. The van der Waals surface area contributed by atoms with Crippen LogP contribution in [-0.4, -0.2) is 56.4 Å². The maximum Gasteiger partial charge on any atom is 0.391 e. The molecular formula is C33H33Cl2F4N3O5. The van der Waals surface area contributed by atoms with Gasteiger partial charge in [0.25, 0.3) is 0 Å². The predicted octanol–water partition coefficient (Wildman–Crippen LogP) is 7.10. The number of fused-ring (bicyclic) bond motifs is 2. The Labute approximate surface area is 279 Å². The molecule has 0 aliphatic carbocycles. The number of allylic oxidation sites excluding steroid dienone is 4. The lowest BCUT2D eigenvalue weighted by molar-refractivity contribution is -0.173. The molecule has 47 heavy (non-hydrogen) atoms. The van der Waals surface area contributed by atoms with Gasteiger partial charge in [0.15, 0.2) is 0 Å². The summed E-state index contributed by atoms with van der Waals surface area (Å²) >= 11 is 12.0. The average Bonchev–Trinajstić information content (AvgIpc) is 3.50. The molecule has 14 heteroatoms. The molecule has 1 saturated heterocycles. The quantitative estimate of drug-likeness (QED) is 0.131. The molecule has 3 N–H and O–H groups in total. The molecule has 0 bridgehead atoms. The molecule has 2 aliphatic heterocycles. The number of amides is 2. The molecular weight excluding hydrogens is 665 g/mol. The molecule has 2 aromatic rings. The van der Waals surface area contributed by atoms with Crippen LogP contribution in [0, 0.1) is 11.8 Å². The normalized spacial score (nSPS) is 23.0. The van der Waals surface area contributed by atoms with E-state index >= 15 is 0 Å². The van der Waals surface area contributed by atoms with Gasteiger partial charge in [-0.1, -0.05) is 54.9 Å². The van der Waals surface area contributed by atoms with Gasteiger partial charge in [0.05, 0.1) is 36.9 Å². The topological polar surface area (TPSA) is 106 Å². The molecule has 2 aromatic carbocycles. The van der Waals surface area contributed by atoms with Crippen LogP contribution < -0.4 is 20.7 Å². The van der Waals surface area contributed by atoms with Gasteiger partial charge in [-0.3, -0.25) is 9.59 Å². The smallest absolute Gasteiger partial charge is 0.391 e. The fraction of sp³-hybridized carbons (Fsp3) is 0.364. The largest absolute Gasteiger partial charge is 0.495 e. The Balaban J connectivity index is 1.85. The predicted molar refractivity (Wildman–Crippen MR) is 172 cm³/mol. The Hall–Kier alpha value is -3.87. The van der Waals surface area contributed by atoms with Gasteiger partial charge in [-0.25, -0.2) is 9.18 Å². The fourth-order valence-corrected chi connectivity index (χ4v) is 6.40. The summed E-state index contributed by atoms with van der Waals surface area (Å²) in [6.45, 7) is 5.96. The molecule has 5 atom stereocenters. The van der Waals surface area contributed by atoms with E-state index in [1.54, 1.807) is 13.0 Å². The number of hydrogen-bond acceptors (Lipinski definition) is 6. The van der Waals surface area contributed by atoms with Crippen LogP contribution in [0.15, 0.2) is 71.8 Å². The second-order valence-corrected chi connectivity index (χ2v) is 12.1. The maximum absolute atomic E-state index is 14.1. The summed E-state index contributed by atoms with van der Waals surface area (Å²) in [5, 5.41) is 8.67. The van der Waals surface area contributed by atoms with E-state index in [1.807, 2.05) is 0 Å². The van der Waals surface area contributed by atoms with Crippen LogP contribution in [0.2, 0.25) is 5.02 Å². The van der Waals surface area contributed by atoms with E-state index in [1.165, 1.54) is 55.7 Å². The number of esters is 1. The minimum atomic E-state index is -4.60. The number of halogens is 6. The summed E-state index contributed by atoms with van der Waals surface area (Å²) in [5.74, 6) is -4.89. The molecule has 4 rings (SSSR count). The van der Waals surface area contributed by atoms with Crippen LogP contribution in [0.25, 0.3) is 0 Å². The maximum atomic E-state index is 14.1. The molecule has 2 amide bonds. The molecule has 0 aromatic heterocycles. The molecule has 1 spiro atoms. The highest BCUT2D eigenvalue weighted by atomic mass is 35.5. The summed E-state index contributed by atoms with van der Waals surface area (Å²) in [4.78, 5) is 40.5. The second-order valence-electron chi connectivity index (χ2n) is 11.2. The van der Waals surface area contributed by atoms with Gasteiger partial charge >= 0.3 is 12.1 Å². The Morgan fingerprint density at radius 2 is 1.94 bits per heavy atom. The zero-order chi connectivity index (χ0) is 34.7. The van der Waals surface area contributed by atoms with Gasteiger partial charge in [-0.05, 0) is 60.9 Å². The zero-order valence-electron chi connectivity index (χ0n) is 25.6. The summed E-state index contributed by atoms with van der Waals surface area (Å²) in [5.41, 5.74) is -0.643. The number of nitrogens with one attached hydrogen (secondary N) is 3. The third kappa shape index (κ3) is 7.19. The Morgan fingerprint density at radius 3 is 2.57 bits per heavy atom.